The second-order valence-corrected chi connectivity index (χ2v) is 8.00. The Morgan fingerprint density at radius 1 is 1.23 bits per heavy atom. The minimum absolute atomic E-state index is 0.0423. The lowest BCUT2D eigenvalue weighted by Gasteiger charge is -2.27. The number of hydrogen-bond acceptors (Lipinski definition) is 7. The largest absolute Gasteiger partial charge is 0.481 e. The van der Waals surface area contributed by atoms with Gasteiger partial charge in [0.2, 0.25) is 0 Å². The highest BCUT2D eigenvalue weighted by molar-refractivity contribution is 5.99. The van der Waals surface area contributed by atoms with Crippen LogP contribution in [0, 0.1) is 5.92 Å². The Hall–Kier alpha value is -2.22. The molecule has 30 heavy (non-hydrogen) atoms. The van der Waals surface area contributed by atoms with Crippen LogP contribution in [0.15, 0.2) is 11.1 Å². The molecular formula is C22H34O8. The zero-order valence-corrected chi connectivity index (χ0v) is 18.5. The van der Waals surface area contributed by atoms with Crippen LogP contribution >= 0.6 is 0 Å². The molecule has 170 valence electrons. The standard InChI is InChI=1S/C15H18O6.C4H8O2.C3H8/c1-7-10(17)5-9-11(20-8(2)16)3-4-15(19)6-12(18)21-14(15)13(7)9;1-2-3-4(5)6;1-3-2/h9,11,14,19H,3-6H2,1-2H3;2-3H2,1H3,(H,5,6);3H2,1-2H3. The van der Waals surface area contributed by atoms with Crippen LogP contribution in [0.1, 0.15) is 79.6 Å². The van der Waals surface area contributed by atoms with Crippen molar-refractivity contribution >= 4 is 23.7 Å². The van der Waals surface area contributed by atoms with E-state index < -0.39 is 35.7 Å². The Labute approximate surface area is 177 Å². The molecule has 4 atom stereocenters. The second-order valence-electron chi connectivity index (χ2n) is 8.00. The minimum Gasteiger partial charge on any atom is -0.481 e. The highest BCUT2D eigenvalue weighted by atomic mass is 16.6. The fraction of sp³-hybridized carbons (Fsp3) is 0.727. The third kappa shape index (κ3) is 6.39. The zero-order chi connectivity index (χ0) is 23.1. The summed E-state index contributed by atoms with van der Waals surface area (Å²) < 4.78 is 10.6. The van der Waals surface area contributed by atoms with E-state index in [-0.39, 0.29) is 24.5 Å². The van der Waals surface area contributed by atoms with Crippen LogP contribution < -0.4 is 0 Å². The molecule has 1 saturated heterocycles. The molecule has 4 unspecified atom stereocenters. The van der Waals surface area contributed by atoms with E-state index in [1.807, 2.05) is 6.92 Å². The normalized spacial score (nSPS) is 29.3. The average Bonchev–Trinajstić information content (AvgIpc) is 3.05. The van der Waals surface area contributed by atoms with Crippen LogP contribution in [-0.4, -0.2) is 51.7 Å². The Morgan fingerprint density at radius 3 is 2.30 bits per heavy atom. The van der Waals surface area contributed by atoms with Gasteiger partial charge >= 0.3 is 17.9 Å². The number of carbonyl (C=O) groups is 4. The van der Waals surface area contributed by atoms with Gasteiger partial charge in [0.15, 0.2) is 11.9 Å². The molecule has 2 aliphatic carbocycles. The van der Waals surface area contributed by atoms with Crippen molar-refractivity contribution in [2.24, 2.45) is 5.92 Å². The van der Waals surface area contributed by atoms with Crippen LogP contribution in [0.25, 0.3) is 0 Å². The first-order chi connectivity index (χ1) is 14.0. The van der Waals surface area contributed by atoms with Gasteiger partial charge < -0.3 is 19.7 Å². The third-order valence-electron chi connectivity index (χ3n) is 5.22. The average molecular weight is 427 g/mol. The summed E-state index contributed by atoms with van der Waals surface area (Å²) >= 11 is 0. The quantitative estimate of drug-likeness (QED) is 0.660. The predicted molar refractivity (Wildman–Crippen MR) is 109 cm³/mol. The van der Waals surface area contributed by atoms with Gasteiger partial charge in [-0.1, -0.05) is 27.2 Å². The van der Waals surface area contributed by atoms with Gasteiger partial charge in [-0.3, -0.25) is 19.2 Å². The molecule has 2 N–H and O–H groups in total. The molecule has 3 aliphatic rings. The molecule has 0 aromatic heterocycles. The van der Waals surface area contributed by atoms with E-state index in [4.69, 9.17) is 14.6 Å². The molecule has 0 aromatic carbocycles. The number of hydrogen-bond donors (Lipinski definition) is 2. The molecule has 1 saturated carbocycles. The molecule has 1 aliphatic heterocycles. The maximum Gasteiger partial charge on any atom is 0.309 e. The first-order valence-electron chi connectivity index (χ1n) is 10.5. The Kier molecular flexibility index (Phi) is 9.68. The number of aliphatic hydroxyl groups is 1. The molecule has 0 bridgehead atoms. The number of ketones is 1. The molecule has 3 rings (SSSR count). The van der Waals surface area contributed by atoms with Gasteiger partial charge in [-0.15, -0.1) is 0 Å². The Bertz CT molecular complexity index is 695. The van der Waals surface area contributed by atoms with Crippen molar-refractivity contribution in [2.75, 3.05) is 0 Å². The minimum atomic E-state index is -1.30. The van der Waals surface area contributed by atoms with Crippen LogP contribution in [-0.2, 0) is 28.7 Å². The number of esters is 2. The predicted octanol–water partition coefficient (Wildman–Crippen LogP) is 2.95. The second kappa shape index (κ2) is 11.2. The lowest BCUT2D eigenvalue weighted by atomic mass is 9.86. The summed E-state index contributed by atoms with van der Waals surface area (Å²) in [5, 5.41) is 18.6. The molecule has 0 amide bonds. The van der Waals surface area contributed by atoms with E-state index in [9.17, 15) is 24.3 Å². The van der Waals surface area contributed by atoms with E-state index in [2.05, 4.69) is 13.8 Å². The van der Waals surface area contributed by atoms with E-state index >= 15 is 0 Å². The monoisotopic (exact) mass is 426 g/mol. The van der Waals surface area contributed by atoms with Crippen molar-refractivity contribution in [3.8, 4) is 0 Å². The summed E-state index contributed by atoms with van der Waals surface area (Å²) in [6, 6.07) is 0. The van der Waals surface area contributed by atoms with E-state index in [1.165, 1.54) is 13.3 Å². The SMILES string of the molecule is CC(=O)OC1CCC2(O)CC(=O)OC2C2=C(C)C(=O)CC21.CCC.CCCC(=O)O. The maximum absolute atomic E-state index is 12.0. The number of allylic oxidation sites excluding steroid dienone is 1. The summed E-state index contributed by atoms with van der Waals surface area (Å²) in [4.78, 5) is 44.5. The van der Waals surface area contributed by atoms with Crippen molar-refractivity contribution in [1.29, 1.82) is 0 Å². The fourth-order valence-electron chi connectivity index (χ4n) is 3.98. The van der Waals surface area contributed by atoms with Crippen molar-refractivity contribution in [2.45, 2.75) is 97.4 Å². The van der Waals surface area contributed by atoms with E-state index in [0.717, 1.165) is 6.42 Å². The highest BCUT2D eigenvalue weighted by Gasteiger charge is 2.56. The lowest BCUT2D eigenvalue weighted by Crippen LogP contribution is -2.39. The third-order valence-corrected chi connectivity index (χ3v) is 5.22. The van der Waals surface area contributed by atoms with E-state index in [0.29, 0.717) is 30.4 Å². The molecule has 8 heteroatoms. The van der Waals surface area contributed by atoms with Crippen molar-refractivity contribution in [3.05, 3.63) is 11.1 Å². The van der Waals surface area contributed by atoms with Crippen molar-refractivity contribution in [3.63, 3.8) is 0 Å². The Morgan fingerprint density at radius 2 is 1.83 bits per heavy atom. The first-order valence-corrected chi connectivity index (χ1v) is 10.5. The topological polar surface area (TPSA) is 127 Å². The first kappa shape index (κ1) is 25.8. The number of Topliss-reactive ketones (excluding diaryl/α,β-unsaturated/α-hetero) is 1. The van der Waals surface area contributed by atoms with Crippen LogP contribution in [0.5, 0.6) is 0 Å². The molecule has 1 heterocycles. The highest BCUT2D eigenvalue weighted by Crippen LogP contribution is 2.48. The van der Waals surface area contributed by atoms with Gasteiger partial charge in [-0.2, -0.15) is 0 Å². The summed E-state index contributed by atoms with van der Waals surface area (Å²) in [7, 11) is 0. The molecule has 0 radical (unpaired) electrons. The molecule has 0 spiro atoms. The molecule has 0 aromatic rings. The number of rotatable bonds is 3. The summed E-state index contributed by atoms with van der Waals surface area (Å²) in [6.07, 6.45) is 1.91. The van der Waals surface area contributed by atoms with Gasteiger partial charge in [-0.25, -0.2) is 0 Å². The van der Waals surface area contributed by atoms with Gasteiger partial charge in [0.1, 0.15) is 11.7 Å². The van der Waals surface area contributed by atoms with Crippen molar-refractivity contribution < 1.29 is 38.9 Å². The van der Waals surface area contributed by atoms with Gasteiger partial charge in [0.25, 0.3) is 0 Å². The Balaban J connectivity index is 0.000000426. The molecular weight excluding hydrogens is 392 g/mol. The fourth-order valence-corrected chi connectivity index (χ4v) is 3.98. The number of carboxylic acids is 1. The van der Waals surface area contributed by atoms with Crippen LogP contribution in [0.3, 0.4) is 0 Å². The summed E-state index contributed by atoms with van der Waals surface area (Å²) in [6.45, 7) is 9.10. The van der Waals surface area contributed by atoms with E-state index in [1.54, 1.807) is 6.92 Å². The number of ether oxygens (including phenoxy) is 2. The van der Waals surface area contributed by atoms with Crippen molar-refractivity contribution in [1.82, 2.24) is 0 Å². The maximum atomic E-state index is 12.0. The van der Waals surface area contributed by atoms with Crippen LogP contribution in [0.4, 0.5) is 0 Å². The number of carboxylic acid groups (broad SMARTS) is 1. The smallest absolute Gasteiger partial charge is 0.309 e. The van der Waals surface area contributed by atoms with Gasteiger partial charge in [-0.05, 0) is 37.3 Å². The molecule has 8 nitrogen and oxygen atoms in total. The number of carbonyl (C=O) groups excluding carboxylic acids is 3. The lowest BCUT2D eigenvalue weighted by molar-refractivity contribution is -0.150. The summed E-state index contributed by atoms with van der Waals surface area (Å²) in [5.41, 5.74) is -0.139. The van der Waals surface area contributed by atoms with Gasteiger partial charge in [0.05, 0.1) is 6.42 Å². The number of fused-ring (bicyclic) bond motifs is 3. The zero-order valence-electron chi connectivity index (χ0n) is 18.5. The summed E-state index contributed by atoms with van der Waals surface area (Å²) in [5.74, 6) is -1.91. The number of aliphatic carboxylic acids is 1. The van der Waals surface area contributed by atoms with Crippen LogP contribution in [0.2, 0.25) is 0 Å². The molecule has 2 fully saturated rings. The van der Waals surface area contributed by atoms with Gasteiger partial charge in [0, 0.05) is 25.7 Å².